The van der Waals surface area contributed by atoms with Gasteiger partial charge in [0.25, 0.3) is 0 Å². The number of rotatable bonds is 3. The van der Waals surface area contributed by atoms with Crippen molar-refractivity contribution < 1.29 is 9.90 Å². The van der Waals surface area contributed by atoms with Gasteiger partial charge in [-0.15, -0.1) is 0 Å². The molecule has 1 unspecified atom stereocenters. The van der Waals surface area contributed by atoms with Gasteiger partial charge in [-0.05, 0) is 24.6 Å². The maximum Gasteiger partial charge on any atom is 0.323 e. The molecule has 5 N–H and O–H groups in total. The third-order valence-corrected chi connectivity index (χ3v) is 2.04. The van der Waals surface area contributed by atoms with Crippen LogP contribution in [0.4, 0.5) is 5.69 Å². The molecule has 0 saturated carbocycles. The van der Waals surface area contributed by atoms with Crippen molar-refractivity contribution in [1.82, 2.24) is 0 Å². The standard InChI is InChI=1S/C10H14N2O2/c1-10(12,9(13)14)6-7-2-4-8(11)5-3-7/h2-5H,6,11-12H2,1H3,(H,13,14). The zero-order valence-electron chi connectivity index (χ0n) is 8.03. The highest BCUT2D eigenvalue weighted by Crippen LogP contribution is 2.12. The normalized spacial score (nSPS) is 14.7. The van der Waals surface area contributed by atoms with Gasteiger partial charge >= 0.3 is 5.97 Å². The maximum absolute atomic E-state index is 10.7. The molecule has 0 amide bonds. The second-order valence-corrected chi connectivity index (χ2v) is 3.64. The number of benzene rings is 1. The fraction of sp³-hybridized carbons (Fsp3) is 0.300. The van der Waals surface area contributed by atoms with Crippen LogP contribution in [0, 0.1) is 0 Å². The van der Waals surface area contributed by atoms with Gasteiger partial charge in [-0.2, -0.15) is 0 Å². The molecule has 0 fully saturated rings. The summed E-state index contributed by atoms with van der Waals surface area (Å²) < 4.78 is 0. The predicted molar refractivity (Wildman–Crippen MR) is 54.8 cm³/mol. The molecule has 4 nitrogen and oxygen atoms in total. The molecular weight excluding hydrogens is 180 g/mol. The Bertz CT molecular complexity index is 330. The maximum atomic E-state index is 10.7. The first-order chi connectivity index (χ1) is 6.42. The van der Waals surface area contributed by atoms with Crippen molar-refractivity contribution in [2.24, 2.45) is 5.73 Å². The van der Waals surface area contributed by atoms with E-state index in [9.17, 15) is 4.79 Å². The van der Waals surface area contributed by atoms with Crippen molar-refractivity contribution in [2.75, 3.05) is 5.73 Å². The summed E-state index contributed by atoms with van der Waals surface area (Å²) in [5, 5.41) is 8.81. The lowest BCUT2D eigenvalue weighted by Gasteiger charge is -2.18. The van der Waals surface area contributed by atoms with Crippen molar-refractivity contribution in [3.8, 4) is 0 Å². The van der Waals surface area contributed by atoms with E-state index >= 15 is 0 Å². The van der Waals surface area contributed by atoms with Gasteiger partial charge in [-0.3, -0.25) is 4.79 Å². The van der Waals surface area contributed by atoms with Gasteiger partial charge in [0.15, 0.2) is 0 Å². The first-order valence-corrected chi connectivity index (χ1v) is 4.28. The van der Waals surface area contributed by atoms with Crippen LogP contribution in [-0.4, -0.2) is 16.6 Å². The summed E-state index contributed by atoms with van der Waals surface area (Å²) >= 11 is 0. The molecule has 4 heteroatoms. The summed E-state index contributed by atoms with van der Waals surface area (Å²) in [7, 11) is 0. The monoisotopic (exact) mass is 194 g/mol. The van der Waals surface area contributed by atoms with Gasteiger partial charge in [0.2, 0.25) is 0 Å². The zero-order chi connectivity index (χ0) is 10.8. The second kappa shape index (κ2) is 3.67. The number of hydrogen-bond acceptors (Lipinski definition) is 3. The fourth-order valence-corrected chi connectivity index (χ4v) is 1.14. The highest BCUT2D eigenvalue weighted by atomic mass is 16.4. The van der Waals surface area contributed by atoms with Gasteiger partial charge in [0.1, 0.15) is 5.54 Å². The van der Waals surface area contributed by atoms with E-state index in [1.807, 2.05) is 0 Å². The van der Waals surface area contributed by atoms with Crippen LogP contribution in [0.1, 0.15) is 12.5 Å². The highest BCUT2D eigenvalue weighted by Gasteiger charge is 2.27. The summed E-state index contributed by atoms with van der Waals surface area (Å²) in [5.41, 5.74) is 11.4. The van der Waals surface area contributed by atoms with Crippen molar-refractivity contribution in [3.63, 3.8) is 0 Å². The van der Waals surface area contributed by atoms with Crippen LogP contribution in [0.3, 0.4) is 0 Å². The smallest absolute Gasteiger partial charge is 0.323 e. The Balaban J connectivity index is 2.79. The summed E-state index contributed by atoms with van der Waals surface area (Å²) in [6.45, 7) is 1.49. The SMILES string of the molecule is CC(N)(Cc1ccc(N)cc1)C(=O)O. The van der Waals surface area contributed by atoms with Crippen LogP contribution >= 0.6 is 0 Å². The molecule has 0 aliphatic rings. The van der Waals surface area contributed by atoms with Crippen molar-refractivity contribution >= 4 is 11.7 Å². The zero-order valence-corrected chi connectivity index (χ0v) is 8.03. The van der Waals surface area contributed by atoms with Crippen molar-refractivity contribution in [3.05, 3.63) is 29.8 Å². The molecule has 14 heavy (non-hydrogen) atoms. The number of hydrogen-bond donors (Lipinski definition) is 3. The molecule has 0 radical (unpaired) electrons. The number of aliphatic carboxylic acids is 1. The Morgan fingerprint density at radius 3 is 2.36 bits per heavy atom. The molecule has 0 bridgehead atoms. The van der Waals surface area contributed by atoms with E-state index in [0.717, 1.165) is 5.56 Å². The van der Waals surface area contributed by atoms with E-state index in [0.29, 0.717) is 12.1 Å². The number of nitrogen functional groups attached to an aromatic ring is 1. The Morgan fingerprint density at radius 2 is 1.93 bits per heavy atom. The summed E-state index contributed by atoms with van der Waals surface area (Å²) in [6, 6.07) is 7.02. The lowest BCUT2D eigenvalue weighted by Crippen LogP contribution is -2.46. The molecule has 0 aliphatic heterocycles. The number of anilines is 1. The average molecular weight is 194 g/mol. The Morgan fingerprint density at radius 1 is 1.43 bits per heavy atom. The topological polar surface area (TPSA) is 89.3 Å². The largest absolute Gasteiger partial charge is 0.480 e. The Kier molecular flexibility index (Phi) is 2.76. The Hall–Kier alpha value is -1.55. The molecule has 1 aromatic rings. The molecule has 0 aromatic heterocycles. The highest BCUT2D eigenvalue weighted by molar-refractivity contribution is 5.78. The van der Waals surface area contributed by atoms with Gasteiger partial charge in [-0.25, -0.2) is 0 Å². The number of carboxylic acids is 1. The van der Waals surface area contributed by atoms with Crippen LogP contribution in [0.2, 0.25) is 0 Å². The quantitative estimate of drug-likeness (QED) is 0.615. The molecule has 76 valence electrons. The van der Waals surface area contributed by atoms with Gasteiger partial charge in [0, 0.05) is 12.1 Å². The summed E-state index contributed by atoms with van der Waals surface area (Å²) in [4.78, 5) is 10.7. The minimum Gasteiger partial charge on any atom is -0.480 e. The van der Waals surface area contributed by atoms with E-state index in [2.05, 4.69) is 0 Å². The van der Waals surface area contributed by atoms with Crippen LogP contribution in [0.5, 0.6) is 0 Å². The molecule has 1 rings (SSSR count). The van der Waals surface area contributed by atoms with E-state index in [1.54, 1.807) is 24.3 Å². The van der Waals surface area contributed by atoms with Gasteiger partial charge in [-0.1, -0.05) is 12.1 Å². The van der Waals surface area contributed by atoms with E-state index in [-0.39, 0.29) is 0 Å². The number of nitrogens with two attached hydrogens (primary N) is 2. The number of carbonyl (C=O) groups is 1. The van der Waals surface area contributed by atoms with E-state index < -0.39 is 11.5 Å². The lowest BCUT2D eigenvalue weighted by atomic mass is 9.94. The third-order valence-electron chi connectivity index (χ3n) is 2.04. The average Bonchev–Trinajstić information content (AvgIpc) is 2.08. The molecule has 0 heterocycles. The van der Waals surface area contributed by atoms with E-state index in [1.165, 1.54) is 6.92 Å². The number of carboxylic acid groups (broad SMARTS) is 1. The van der Waals surface area contributed by atoms with Gasteiger partial charge < -0.3 is 16.6 Å². The minimum atomic E-state index is -1.23. The lowest BCUT2D eigenvalue weighted by molar-refractivity contribution is -0.142. The van der Waals surface area contributed by atoms with Crippen LogP contribution < -0.4 is 11.5 Å². The van der Waals surface area contributed by atoms with Gasteiger partial charge in [0.05, 0.1) is 0 Å². The fourth-order valence-electron chi connectivity index (χ4n) is 1.14. The van der Waals surface area contributed by atoms with E-state index in [4.69, 9.17) is 16.6 Å². The molecule has 0 spiro atoms. The second-order valence-electron chi connectivity index (χ2n) is 3.64. The third kappa shape index (κ3) is 2.47. The predicted octanol–water partition coefficient (Wildman–Crippen LogP) is 0.613. The Labute approximate surface area is 82.5 Å². The molecule has 1 atom stereocenters. The van der Waals surface area contributed by atoms with Crippen molar-refractivity contribution in [2.45, 2.75) is 18.9 Å². The first kappa shape index (κ1) is 10.5. The summed E-state index contributed by atoms with van der Waals surface area (Å²) in [6.07, 6.45) is 0.294. The van der Waals surface area contributed by atoms with Crippen LogP contribution in [0.15, 0.2) is 24.3 Å². The first-order valence-electron chi connectivity index (χ1n) is 4.28. The summed E-state index contributed by atoms with van der Waals surface area (Å²) in [5.74, 6) is -1.01. The van der Waals surface area contributed by atoms with Crippen molar-refractivity contribution in [1.29, 1.82) is 0 Å². The van der Waals surface area contributed by atoms with Crippen LogP contribution in [-0.2, 0) is 11.2 Å². The minimum absolute atomic E-state index is 0.294. The van der Waals surface area contributed by atoms with Crippen LogP contribution in [0.25, 0.3) is 0 Å². The molecule has 1 aromatic carbocycles. The molecule has 0 saturated heterocycles. The molecular formula is C10H14N2O2. The molecule has 0 aliphatic carbocycles.